The van der Waals surface area contributed by atoms with Gasteiger partial charge in [-0.05, 0) is 92.0 Å². The van der Waals surface area contributed by atoms with Gasteiger partial charge in [-0.2, -0.15) is 0 Å². The van der Waals surface area contributed by atoms with Gasteiger partial charge in [-0.3, -0.25) is 0 Å². The Morgan fingerprint density at radius 3 is 1.43 bits per heavy atom. The van der Waals surface area contributed by atoms with Crippen molar-refractivity contribution >= 4 is 17.1 Å². The minimum Gasteiger partial charge on any atom is -0.310 e. The second-order valence-corrected chi connectivity index (χ2v) is 12.6. The monoisotopic (exact) mass is 589 g/mol. The molecule has 220 valence electrons. The van der Waals surface area contributed by atoms with Crippen molar-refractivity contribution in [2.45, 2.75) is 19.3 Å². The molecule has 0 fully saturated rings. The molecular weight excluding hydrogens is 555 g/mol. The number of rotatable bonds is 6. The zero-order chi connectivity index (χ0) is 31.1. The maximum atomic E-state index is 2.40. The predicted molar refractivity (Wildman–Crippen MR) is 195 cm³/mol. The molecule has 7 aromatic carbocycles. The Hall–Kier alpha value is -5.66. The third-order valence-electron chi connectivity index (χ3n) is 9.49. The van der Waals surface area contributed by atoms with Gasteiger partial charge in [0.25, 0.3) is 0 Å². The minimum atomic E-state index is -0.0801. The van der Waals surface area contributed by atoms with Crippen molar-refractivity contribution < 1.29 is 0 Å². The van der Waals surface area contributed by atoms with E-state index in [2.05, 4.69) is 195 Å². The van der Waals surface area contributed by atoms with Crippen molar-refractivity contribution in [2.24, 2.45) is 0 Å². The lowest BCUT2D eigenvalue weighted by Gasteiger charge is -2.27. The summed E-state index contributed by atoms with van der Waals surface area (Å²) in [5, 5.41) is 0. The number of hydrogen-bond donors (Lipinski definition) is 0. The highest BCUT2D eigenvalue weighted by molar-refractivity contribution is 5.94. The second kappa shape index (κ2) is 11.4. The van der Waals surface area contributed by atoms with E-state index in [9.17, 15) is 0 Å². The van der Waals surface area contributed by atoms with Crippen LogP contribution in [-0.2, 0) is 5.41 Å². The molecule has 0 heterocycles. The number of hydrogen-bond acceptors (Lipinski definition) is 1. The lowest BCUT2D eigenvalue weighted by Crippen LogP contribution is -2.15. The quantitative estimate of drug-likeness (QED) is 0.186. The number of anilines is 3. The van der Waals surface area contributed by atoms with E-state index in [0.29, 0.717) is 0 Å². The maximum absolute atomic E-state index is 2.40. The Kier molecular flexibility index (Phi) is 6.88. The molecule has 8 rings (SSSR count). The van der Waals surface area contributed by atoms with Crippen LogP contribution in [0.15, 0.2) is 176 Å². The predicted octanol–water partition coefficient (Wildman–Crippen LogP) is 12.5. The molecule has 0 bridgehead atoms. The molecule has 0 N–H and O–H groups in total. The standard InChI is InChI=1S/C45H35N/c1-45(2)42-30-29-39(31-41(42)44-40(19-12-20-43(44)45)36-15-8-4-9-16-36)46(37-17-10-5-11-18-37)38-27-25-35(26-28-38)34-23-21-33(22-24-34)32-13-6-3-7-14-32/h3-31H,1-2H3. The Bertz CT molecular complexity index is 2130. The van der Waals surface area contributed by atoms with Crippen molar-refractivity contribution in [1.82, 2.24) is 0 Å². The Labute approximate surface area is 272 Å². The van der Waals surface area contributed by atoms with Gasteiger partial charge >= 0.3 is 0 Å². The van der Waals surface area contributed by atoms with E-state index in [1.54, 1.807) is 0 Å². The Morgan fingerprint density at radius 1 is 0.348 bits per heavy atom. The van der Waals surface area contributed by atoms with Crippen molar-refractivity contribution in [3.05, 3.63) is 187 Å². The van der Waals surface area contributed by atoms with Crippen LogP contribution in [0.25, 0.3) is 44.5 Å². The molecule has 7 aromatic rings. The van der Waals surface area contributed by atoms with Crippen molar-refractivity contribution in [1.29, 1.82) is 0 Å². The molecule has 0 aromatic heterocycles. The summed E-state index contributed by atoms with van der Waals surface area (Å²) in [5.41, 5.74) is 16.2. The normalized spacial score (nSPS) is 12.7. The van der Waals surface area contributed by atoms with E-state index in [4.69, 9.17) is 0 Å². The van der Waals surface area contributed by atoms with Gasteiger partial charge in [0, 0.05) is 22.5 Å². The van der Waals surface area contributed by atoms with E-state index in [-0.39, 0.29) is 5.41 Å². The fraction of sp³-hybridized carbons (Fsp3) is 0.0667. The molecule has 0 radical (unpaired) electrons. The van der Waals surface area contributed by atoms with Crippen LogP contribution in [0.5, 0.6) is 0 Å². The molecule has 1 aliphatic carbocycles. The van der Waals surface area contributed by atoms with E-state index in [1.165, 1.54) is 55.6 Å². The molecule has 0 atom stereocenters. The van der Waals surface area contributed by atoms with E-state index < -0.39 is 0 Å². The lowest BCUT2D eigenvalue weighted by molar-refractivity contribution is 0.660. The van der Waals surface area contributed by atoms with Crippen LogP contribution in [-0.4, -0.2) is 0 Å². The molecule has 46 heavy (non-hydrogen) atoms. The number of para-hydroxylation sites is 1. The van der Waals surface area contributed by atoms with Gasteiger partial charge in [0.05, 0.1) is 0 Å². The van der Waals surface area contributed by atoms with Gasteiger partial charge < -0.3 is 4.90 Å². The molecule has 1 nitrogen and oxygen atoms in total. The van der Waals surface area contributed by atoms with Crippen LogP contribution < -0.4 is 4.90 Å². The summed E-state index contributed by atoms with van der Waals surface area (Å²) in [4.78, 5) is 2.37. The second-order valence-electron chi connectivity index (χ2n) is 12.6. The molecule has 1 heteroatoms. The zero-order valence-electron chi connectivity index (χ0n) is 26.2. The van der Waals surface area contributed by atoms with Crippen LogP contribution in [0.1, 0.15) is 25.0 Å². The largest absolute Gasteiger partial charge is 0.310 e. The van der Waals surface area contributed by atoms with Crippen LogP contribution in [0.2, 0.25) is 0 Å². The summed E-state index contributed by atoms with van der Waals surface area (Å²) >= 11 is 0. The van der Waals surface area contributed by atoms with Gasteiger partial charge in [-0.1, -0.05) is 153 Å². The average Bonchev–Trinajstić information content (AvgIpc) is 3.36. The molecule has 0 spiro atoms. The Morgan fingerprint density at radius 2 is 0.826 bits per heavy atom. The number of fused-ring (bicyclic) bond motifs is 3. The molecule has 1 aliphatic rings. The van der Waals surface area contributed by atoms with Crippen molar-refractivity contribution in [3.63, 3.8) is 0 Å². The highest BCUT2D eigenvalue weighted by Gasteiger charge is 2.37. The van der Waals surface area contributed by atoms with E-state index in [0.717, 1.165) is 17.1 Å². The van der Waals surface area contributed by atoms with Gasteiger partial charge in [0.2, 0.25) is 0 Å². The smallest absolute Gasteiger partial charge is 0.0468 e. The molecule has 0 saturated carbocycles. The van der Waals surface area contributed by atoms with Gasteiger partial charge in [-0.15, -0.1) is 0 Å². The van der Waals surface area contributed by atoms with Crippen LogP contribution >= 0.6 is 0 Å². The molecule has 0 amide bonds. The number of nitrogens with zero attached hydrogens (tertiary/aromatic N) is 1. The van der Waals surface area contributed by atoms with Gasteiger partial charge in [0.15, 0.2) is 0 Å². The molecular formula is C45H35N. The van der Waals surface area contributed by atoms with Crippen molar-refractivity contribution in [2.75, 3.05) is 4.90 Å². The van der Waals surface area contributed by atoms with Crippen LogP contribution in [0.3, 0.4) is 0 Å². The zero-order valence-corrected chi connectivity index (χ0v) is 26.2. The summed E-state index contributed by atoms with van der Waals surface area (Å²) in [6.45, 7) is 4.71. The van der Waals surface area contributed by atoms with Crippen molar-refractivity contribution in [3.8, 4) is 44.5 Å². The van der Waals surface area contributed by atoms with Gasteiger partial charge in [0.1, 0.15) is 0 Å². The summed E-state index contributed by atoms with van der Waals surface area (Å²) in [6, 6.07) is 63.7. The summed E-state index contributed by atoms with van der Waals surface area (Å²) in [6.07, 6.45) is 0. The Balaban J connectivity index is 1.20. The first-order valence-electron chi connectivity index (χ1n) is 16.0. The third-order valence-corrected chi connectivity index (χ3v) is 9.49. The van der Waals surface area contributed by atoms with Gasteiger partial charge in [-0.25, -0.2) is 0 Å². The highest BCUT2D eigenvalue weighted by atomic mass is 15.1. The lowest BCUT2D eigenvalue weighted by atomic mass is 9.82. The van der Waals surface area contributed by atoms with E-state index in [1.807, 2.05) is 0 Å². The molecule has 0 aliphatic heterocycles. The first-order chi connectivity index (χ1) is 22.6. The van der Waals surface area contributed by atoms with Crippen LogP contribution in [0.4, 0.5) is 17.1 Å². The first kappa shape index (κ1) is 27.9. The SMILES string of the molecule is CC1(C)c2ccc(N(c3ccccc3)c3ccc(-c4ccc(-c5ccccc5)cc4)cc3)cc2-c2c(-c3ccccc3)cccc21. The maximum Gasteiger partial charge on any atom is 0.0468 e. The van der Waals surface area contributed by atoms with Crippen LogP contribution in [0, 0.1) is 0 Å². The average molecular weight is 590 g/mol. The minimum absolute atomic E-state index is 0.0801. The number of benzene rings is 7. The summed E-state index contributed by atoms with van der Waals surface area (Å²) < 4.78 is 0. The fourth-order valence-corrected chi connectivity index (χ4v) is 7.10. The first-order valence-corrected chi connectivity index (χ1v) is 16.0. The fourth-order valence-electron chi connectivity index (χ4n) is 7.10. The highest BCUT2D eigenvalue weighted by Crippen LogP contribution is 2.53. The summed E-state index contributed by atoms with van der Waals surface area (Å²) in [7, 11) is 0. The molecule has 0 saturated heterocycles. The summed E-state index contributed by atoms with van der Waals surface area (Å²) in [5.74, 6) is 0. The molecule has 0 unspecified atom stereocenters. The topological polar surface area (TPSA) is 3.24 Å². The third kappa shape index (κ3) is 4.82. The van der Waals surface area contributed by atoms with E-state index >= 15 is 0 Å².